The highest BCUT2D eigenvalue weighted by Gasteiger charge is 2.25. The van der Waals surface area contributed by atoms with Crippen LogP contribution in [-0.2, 0) is 0 Å². The lowest BCUT2D eigenvalue weighted by Crippen LogP contribution is -2.35. The van der Waals surface area contributed by atoms with Crippen LogP contribution in [0.5, 0.6) is 0 Å². The van der Waals surface area contributed by atoms with E-state index in [1.54, 1.807) is 6.20 Å². The van der Waals surface area contributed by atoms with Gasteiger partial charge in [0.25, 0.3) is 0 Å². The molecule has 1 aliphatic heterocycles. The molecule has 1 aliphatic carbocycles. The number of carbonyl (C=O) groups is 1. The second-order valence-electron chi connectivity index (χ2n) is 6.16. The van der Waals surface area contributed by atoms with E-state index in [-0.39, 0.29) is 18.1 Å². The summed E-state index contributed by atoms with van der Waals surface area (Å²) in [6.07, 6.45) is 6.67. The lowest BCUT2D eigenvalue weighted by atomic mass is 10.1. The Morgan fingerprint density at radius 2 is 2.14 bits per heavy atom. The Labute approximate surface area is 130 Å². The van der Waals surface area contributed by atoms with Crippen LogP contribution in [0.4, 0.5) is 16.3 Å². The van der Waals surface area contributed by atoms with Gasteiger partial charge in [-0.1, -0.05) is 6.42 Å². The number of carbonyl (C=O) groups excluding carboxylic acids is 1. The van der Waals surface area contributed by atoms with Crippen LogP contribution in [0.15, 0.2) is 18.3 Å². The summed E-state index contributed by atoms with van der Waals surface area (Å²) in [5.41, 5.74) is 0.744. The van der Waals surface area contributed by atoms with Crippen molar-refractivity contribution in [2.24, 2.45) is 5.92 Å². The quantitative estimate of drug-likeness (QED) is 0.795. The summed E-state index contributed by atoms with van der Waals surface area (Å²) < 4.78 is 0. The molecule has 2 amide bonds. The maximum atomic E-state index is 12.1. The highest BCUT2D eigenvalue weighted by atomic mass is 16.3. The number of aliphatic hydroxyl groups excluding tert-OH is 1. The van der Waals surface area contributed by atoms with Crippen LogP contribution in [0.2, 0.25) is 0 Å². The fraction of sp³-hybridized carbons (Fsp3) is 0.625. The van der Waals surface area contributed by atoms with Gasteiger partial charge in [-0.15, -0.1) is 0 Å². The topological polar surface area (TPSA) is 77.5 Å². The fourth-order valence-electron chi connectivity index (χ4n) is 3.32. The van der Waals surface area contributed by atoms with E-state index in [2.05, 4.69) is 20.5 Å². The Balaban J connectivity index is 1.57. The molecule has 3 N–H and O–H groups in total. The van der Waals surface area contributed by atoms with Gasteiger partial charge in [0, 0.05) is 31.7 Å². The average molecular weight is 304 g/mol. The lowest BCUT2D eigenvalue weighted by Gasteiger charge is -2.20. The van der Waals surface area contributed by atoms with E-state index >= 15 is 0 Å². The molecule has 3 rings (SSSR count). The Hall–Kier alpha value is -1.82. The van der Waals surface area contributed by atoms with Gasteiger partial charge in [-0.3, -0.25) is 0 Å². The molecule has 2 atom stereocenters. The second kappa shape index (κ2) is 6.96. The second-order valence-corrected chi connectivity index (χ2v) is 6.16. The van der Waals surface area contributed by atoms with Crippen molar-refractivity contribution in [1.82, 2.24) is 10.3 Å². The SMILES string of the molecule is O=C(NCC1CCCC1O)Nc1cccnc1N1CCCC1. The predicted molar refractivity (Wildman–Crippen MR) is 86.1 cm³/mol. The molecule has 0 radical (unpaired) electrons. The molecule has 0 aromatic carbocycles. The summed E-state index contributed by atoms with van der Waals surface area (Å²) in [5.74, 6) is 1.02. The molecular weight excluding hydrogens is 280 g/mol. The van der Waals surface area contributed by atoms with Gasteiger partial charge in [0.15, 0.2) is 5.82 Å². The molecule has 1 saturated heterocycles. The van der Waals surface area contributed by atoms with E-state index in [0.717, 1.165) is 43.9 Å². The summed E-state index contributed by atoms with van der Waals surface area (Å²) >= 11 is 0. The number of anilines is 2. The first-order valence-electron chi connectivity index (χ1n) is 8.17. The van der Waals surface area contributed by atoms with Crippen molar-refractivity contribution in [3.8, 4) is 0 Å². The van der Waals surface area contributed by atoms with Gasteiger partial charge in [-0.05, 0) is 37.8 Å². The summed E-state index contributed by atoms with van der Waals surface area (Å²) in [4.78, 5) is 18.7. The number of nitrogens with one attached hydrogen (secondary N) is 2. The first-order chi connectivity index (χ1) is 10.7. The van der Waals surface area contributed by atoms with Crippen molar-refractivity contribution in [2.75, 3.05) is 29.9 Å². The number of hydrogen-bond donors (Lipinski definition) is 3. The van der Waals surface area contributed by atoms with Crippen molar-refractivity contribution in [3.05, 3.63) is 18.3 Å². The zero-order valence-corrected chi connectivity index (χ0v) is 12.8. The molecule has 6 heteroatoms. The molecule has 22 heavy (non-hydrogen) atoms. The third-order valence-corrected chi connectivity index (χ3v) is 4.58. The van der Waals surface area contributed by atoms with Gasteiger partial charge in [0.05, 0.1) is 11.8 Å². The van der Waals surface area contributed by atoms with Crippen LogP contribution < -0.4 is 15.5 Å². The van der Waals surface area contributed by atoms with Crippen molar-refractivity contribution in [3.63, 3.8) is 0 Å². The first kappa shape index (κ1) is 15.1. The molecule has 120 valence electrons. The van der Waals surface area contributed by atoms with Gasteiger partial charge in [-0.2, -0.15) is 0 Å². The van der Waals surface area contributed by atoms with Crippen LogP contribution >= 0.6 is 0 Å². The summed E-state index contributed by atoms with van der Waals surface area (Å²) in [6, 6.07) is 3.48. The van der Waals surface area contributed by atoms with Crippen molar-refractivity contribution in [2.45, 2.75) is 38.2 Å². The van der Waals surface area contributed by atoms with Crippen LogP contribution in [0.3, 0.4) is 0 Å². The smallest absolute Gasteiger partial charge is 0.319 e. The maximum absolute atomic E-state index is 12.1. The third kappa shape index (κ3) is 3.50. The molecule has 1 aromatic heterocycles. The minimum absolute atomic E-state index is 0.178. The fourth-order valence-corrected chi connectivity index (χ4v) is 3.32. The number of nitrogens with zero attached hydrogens (tertiary/aromatic N) is 2. The Morgan fingerprint density at radius 3 is 2.86 bits per heavy atom. The predicted octanol–water partition coefficient (Wildman–Crippen LogP) is 1.96. The number of rotatable bonds is 4. The van der Waals surface area contributed by atoms with Gasteiger partial charge in [0.1, 0.15) is 0 Å². The minimum atomic E-state index is -0.279. The molecule has 2 aliphatic rings. The highest BCUT2D eigenvalue weighted by molar-refractivity contribution is 5.92. The number of aliphatic hydroxyl groups is 1. The number of aromatic nitrogens is 1. The molecule has 1 saturated carbocycles. The van der Waals surface area contributed by atoms with Crippen molar-refractivity contribution < 1.29 is 9.90 Å². The standard InChI is InChI=1S/C16H24N4O2/c21-14-7-3-5-12(14)11-18-16(22)19-13-6-4-8-17-15(13)20-9-1-2-10-20/h4,6,8,12,14,21H,1-3,5,7,9-11H2,(H2,18,19,22). The third-order valence-electron chi connectivity index (χ3n) is 4.58. The molecule has 6 nitrogen and oxygen atoms in total. The Morgan fingerprint density at radius 1 is 1.32 bits per heavy atom. The zero-order valence-electron chi connectivity index (χ0n) is 12.8. The van der Waals surface area contributed by atoms with Crippen LogP contribution in [0.25, 0.3) is 0 Å². The lowest BCUT2D eigenvalue weighted by molar-refractivity contribution is 0.133. The van der Waals surface area contributed by atoms with Crippen molar-refractivity contribution >= 4 is 17.5 Å². The van der Waals surface area contributed by atoms with Gasteiger partial charge < -0.3 is 20.6 Å². The van der Waals surface area contributed by atoms with Crippen molar-refractivity contribution in [1.29, 1.82) is 0 Å². The monoisotopic (exact) mass is 304 g/mol. The van der Waals surface area contributed by atoms with E-state index in [1.165, 1.54) is 12.8 Å². The summed E-state index contributed by atoms with van der Waals surface area (Å²) in [6.45, 7) is 2.50. The highest BCUT2D eigenvalue weighted by Crippen LogP contribution is 2.26. The molecule has 2 fully saturated rings. The van der Waals surface area contributed by atoms with Gasteiger partial charge in [0.2, 0.25) is 0 Å². The number of hydrogen-bond acceptors (Lipinski definition) is 4. The normalized spacial score (nSPS) is 24.5. The van der Waals surface area contributed by atoms with Crippen LogP contribution in [0.1, 0.15) is 32.1 Å². The largest absolute Gasteiger partial charge is 0.393 e. The van der Waals surface area contributed by atoms with E-state index in [4.69, 9.17) is 0 Å². The molecule has 0 bridgehead atoms. The molecule has 1 aromatic rings. The molecule has 0 spiro atoms. The maximum Gasteiger partial charge on any atom is 0.319 e. The summed E-state index contributed by atoms with van der Waals surface area (Å²) in [7, 11) is 0. The Kier molecular flexibility index (Phi) is 4.77. The van der Waals surface area contributed by atoms with Gasteiger partial charge >= 0.3 is 6.03 Å². The van der Waals surface area contributed by atoms with Crippen LogP contribution in [0, 0.1) is 5.92 Å². The number of amides is 2. The van der Waals surface area contributed by atoms with Crippen LogP contribution in [-0.4, -0.2) is 41.9 Å². The van der Waals surface area contributed by atoms with E-state index < -0.39 is 0 Å². The van der Waals surface area contributed by atoms with E-state index in [0.29, 0.717) is 6.54 Å². The minimum Gasteiger partial charge on any atom is -0.393 e. The Bertz CT molecular complexity index is 517. The number of urea groups is 1. The van der Waals surface area contributed by atoms with E-state index in [1.807, 2.05) is 12.1 Å². The first-order valence-corrected chi connectivity index (χ1v) is 8.17. The van der Waals surface area contributed by atoms with E-state index in [9.17, 15) is 9.90 Å². The zero-order chi connectivity index (χ0) is 15.4. The average Bonchev–Trinajstić information content (AvgIpc) is 3.17. The molecule has 2 unspecified atom stereocenters. The number of pyridine rings is 1. The van der Waals surface area contributed by atoms with Gasteiger partial charge in [-0.25, -0.2) is 9.78 Å². The molecule has 2 heterocycles. The summed E-state index contributed by atoms with van der Waals surface area (Å²) in [5, 5.41) is 15.5. The molecular formula is C16H24N4O2.